The topological polar surface area (TPSA) is 110 Å². The Kier molecular flexibility index (Phi) is 5.12. The minimum atomic E-state index is -3.81. The zero-order chi connectivity index (χ0) is 17.0. The highest BCUT2D eigenvalue weighted by atomic mass is 32.2. The summed E-state index contributed by atoms with van der Waals surface area (Å²) in [5.74, 6) is -2.23. The molecule has 0 spiro atoms. The fourth-order valence-corrected chi connectivity index (χ4v) is 3.01. The van der Waals surface area contributed by atoms with Crippen molar-refractivity contribution in [3.8, 4) is 0 Å². The second-order valence-corrected chi connectivity index (χ2v) is 6.68. The van der Waals surface area contributed by atoms with Crippen molar-refractivity contribution in [1.29, 1.82) is 0 Å². The molecule has 1 N–H and O–H groups in total. The molecule has 1 aromatic rings. The number of nitrogens with zero attached hydrogens (tertiary/aromatic N) is 1. The van der Waals surface area contributed by atoms with Gasteiger partial charge in [-0.2, -0.15) is 0 Å². The summed E-state index contributed by atoms with van der Waals surface area (Å²) >= 11 is 0. The molecule has 0 unspecified atom stereocenters. The molecule has 0 aliphatic carbocycles. The molecule has 1 heterocycles. The number of nitrogens with one attached hydrogen (secondary N) is 1. The quantitative estimate of drug-likeness (QED) is 0.542. The first kappa shape index (κ1) is 17.1. The third kappa shape index (κ3) is 3.93. The number of rotatable bonds is 7. The number of fused-ring (bicyclic) bond motifs is 1. The maximum Gasteiger partial charge on any atom is 0.320 e. The van der Waals surface area contributed by atoms with E-state index in [4.69, 9.17) is 0 Å². The van der Waals surface area contributed by atoms with Crippen molar-refractivity contribution in [2.24, 2.45) is 0 Å². The number of carbonyl (C=O) groups excluding carboxylic acids is 3. The van der Waals surface area contributed by atoms with Gasteiger partial charge in [0.2, 0.25) is 10.0 Å². The van der Waals surface area contributed by atoms with Gasteiger partial charge < -0.3 is 4.74 Å². The number of benzene rings is 1. The third-order valence-corrected chi connectivity index (χ3v) is 4.51. The van der Waals surface area contributed by atoms with Crippen molar-refractivity contribution in [1.82, 2.24) is 9.62 Å². The predicted octanol–water partition coefficient (Wildman–Crippen LogP) is -0.235. The Bertz CT molecular complexity index is 708. The molecule has 23 heavy (non-hydrogen) atoms. The first-order valence-corrected chi connectivity index (χ1v) is 8.59. The van der Waals surface area contributed by atoms with Gasteiger partial charge in [-0.15, -0.1) is 0 Å². The molecule has 1 aromatic carbocycles. The second-order valence-electron chi connectivity index (χ2n) is 4.75. The molecule has 2 rings (SSSR count). The van der Waals surface area contributed by atoms with E-state index in [1.807, 2.05) is 0 Å². The highest BCUT2D eigenvalue weighted by molar-refractivity contribution is 7.89. The molecule has 124 valence electrons. The number of sulfonamides is 1. The van der Waals surface area contributed by atoms with Gasteiger partial charge in [-0.3, -0.25) is 19.3 Å². The van der Waals surface area contributed by atoms with Crippen LogP contribution in [-0.4, -0.2) is 56.6 Å². The lowest BCUT2D eigenvalue weighted by atomic mass is 10.1. The number of carbonyl (C=O) groups is 3. The van der Waals surface area contributed by atoms with Crippen LogP contribution in [0.1, 0.15) is 27.6 Å². The average Bonchev–Trinajstić information content (AvgIpc) is 2.76. The Morgan fingerprint density at radius 2 is 1.74 bits per heavy atom. The van der Waals surface area contributed by atoms with Crippen molar-refractivity contribution >= 4 is 27.8 Å². The summed E-state index contributed by atoms with van der Waals surface area (Å²) in [5.41, 5.74) is 0.517. The summed E-state index contributed by atoms with van der Waals surface area (Å²) in [6, 6.07) is 6.29. The predicted molar refractivity (Wildman–Crippen MR) is 80.2 cm³/mol. The van der Waals surface area contributed by atoms with Crippen molar-refractivity contribution in [2.75, 3.05) is 25.4 Å². The summed E-state index contributed by atoms with van der Waals surface area (Å²) in [4.78, 5) is 36.2. The van der Waals surface area contributed by atoms with Crippen LogP contribution >= 0.6 is 0 Å². The molecule has 1 aliphatic rings. The van der Waals surface area contributed by atoms with Gasteiger partial charge in [0.1, 0.15) is 6.54 Å². The molecule has 0 radical (unpaired) electrons. The van der Waals surface area contributed by atoms with E-state index in [1.165, 1.54) is 12.1 Å². The van der Waals surface area contributed by atoms with E-state index in [0.717, 1.165) is 4.90 Å². The van der Waals surface area contributed by atoms with Crippen LogP contribution in [0.25, 0.3) is 0 Å². The maximum absolute atomic E-state index is 12.1. The molecule has 0 bridgehead atoms. The molecule has 0 atom stereocenters. The van der Waals surface area contributed by atoms with Crippen molar-refractivity contribution in [2.45, 2.75) is 6.92 Å². The first-order chi connectivity index (χ1) is 10.9. The maximum atomic E-state index is 12.1. The molecular formula is C14H16N2O6S. The van der Waals surface area contributed by atoms with E-state index in [-0.39, 0.29) is 24.3 Å². The van der Waals surface area contributed by atoms with E-state index in [0.29, 0.717) is 0 Å². The summed E-state index contributed by atoms with van der Waals surface area (Å²) < 4.78 is 30.3. The van der Waals surface area contributed by atoms with Crippen LogP contribution in [-0.2, 0) is 19.6 Å². The van der Waals surface area contributed by atoms with Crippen LogP contribution in [0.3, 0.4) is 0 Å². The number of hydrogen-bond acceptors (Lipinski definition) is 6. The van der Waals surface area contributed by atoms with Crippen LogP contribution in [0.2, 0.25) is 0 Å². The van der Waals surface area contributed by atoms with Gasteiger partial charge in [0.05, 0.1) is 23.5 Å². The molecule has 0 saturated carbocycles. The van der Waals surface area contributed by atoms with Gasteiger partial charge in [-0.25, -0.2) is 13.1 Å². The zero-order valence-electron chi connectivity index (χ0n) is 12.4. The first-order valence-electron chi connectivity index (χ1n) is 6.94. The normalized spacial score (nSPS) is 14.0. The largest absolute Gasteiger partial charge is 0.465 e. The number of hydrogen-bond donors (Lipinski definition) is 1. The van der Waals surface area contributed by atoms with Crippen LogP contribution < -0.4 is 4.72 Å². The molecular weight excluding hydrogens is 324 g/mol. The fourth-order valence-electron chi connectivity index (χ4n) is 2.11. The van der Waals surface area contributed by atoms with Gasteiger partial charge in [0.25, 0.3) is 11.8 Å². The Morgan fingerprint density at radius 1 is 1.17 bits per heavy atom. The summed E-state index contributed by atoms with van der Waals surface area (Å²) in [7, 11) is -3.81. The van der Waals surface area contributed by atoms with Crippen LogP contribution in [0.4, 0.5) is 0 Å². The van der Waals surface area contributed by atoms with E-state index >= 15 is 0 Å². The average molecular weight is 340 g/mol. The number of imide groups is 1. The molecule has 2 amide bonds. The summed E-state index contributed by atoms with van der Waals surface area (Å²) in [6.45, 7) is 0.979. The van der Waals surface area contributed by atoms with Gasteiger partial charge >= 0.3 is 5.97 Å². The van der Waals surface area contributed by atoms with Gasteiger partial charge in [-0.05, 0) is 19.1 Å². The minimum Gasteiger partial charge on any atom is -0.465 e. The number of esters is 1. The zero-order valence-corrected chi connectivity index (χ0v) is 13.3. The van der Waals surface area contributed by atoms with Crippen LogP contribution in [0, 0.1) is 0 Å². The van der Waals surface area contributed by atoms with E-state index in [1.54, 1.807) is 19.1 Å². The molecule has 8 nitrogen and oxygen atoms in total. The molecule has 0 fully saturated rings. The monoisotopic (exact) mass is 340 g/mol. The SMILES string of the molecule is CCOC(=O)CNS(=O)(=O)CCN1C(=O)c2ccccc2C1=O. The van der Waals surface area contributed by atoms with Crippen LogP contribution in [0.5, 0.6) is 0 Å². The highest BCUT2D eigenvalue weighted by Crippen LogP contribution is 2.21. The fraction of sp³-hybridized carbons (Fsp3) is 0.357. The Balaban J connectivity index is 1.95. The van der Waals surface area contributed by atoms with E-state index in [2.05, 4.69) is 9.46 Å². The van der Waals surface area contributed by atoms with Crippen LogP contribution in [0.15, 0.2) is 24.3 Å². The standard InChI is InChI=1S/C14H16N2O6S/c1-2-22-12(17)9-15-23(20,21)8-7-16-13(18)10-5-3-4-6-11(10)14(16)19/h3-6,15H,2,7-9H2,1H3. The van der Waals surface area contributed by atoms with Gasteiger partial charge in [-0.1, -0.05) is 12.1 Å². The minimum absolute atomic E-state index is 0.148. The van der Waals surface area contributed by atoms with E-state index in [9.17, 15) is 22.8 Å². The lowest BCUT2D eigenvalue weighted by Gasteiger charge is -2.14. The molecule has 0 aromatic heterocycles. The van der Waals surface area contributed by atoms with Gasteiger partial charge in [0, 0.05) is 6.54 Å². The van der Waals surface area contributed by atoms with Crippen molar-refractivity contribution < 1.29 is 27.5 Å². The highest BCUT2D eigenvalue weighted by Gasteiger charge is 2.35. The summed E-state index contributed by atoms with van der Waals surface area (Å²) in [5, 5.41) is 0. The Hall–Kier alpha value is -2.26. The van der Waals surface area contributed by atoms with Gasteiger partial charge in [0.15, 0.2) is 0 Å². The Labute approximate surface area is 133 Å². The van der Waals surface area contributed by atoms with E-state index < -0.39 is 40.1 Å². The molecule has 1 aliphatic heterocycles. The third-order valence-electron chi connectivity index (χ3n) is 3.20. The number of amides is 2. The molecule has 0 saturated heterocycles. The second kappa shape index (κ2) is 6.88. The summed E-state index contributed by atoms with van der Waals surface area (Å²) in [6.07, 6.45) is 0. The Morgan fingerprint density at radius 3 is 2.26 bits per heavy atom. The lowest BCUT2D eigenvalue weighted by molar-refractivity contribution is -0.141. The van der Waals surface area contributed by atoms with Crippen molar-refractivity contribution in [3.05, 3.63) is 35.4 Å². The smallest absolute Gasteiger partial charge is 0.320 e. The number of ether oxygens (including phenoxy) is 1. The molecule has 9 heteroatoms. The van der Waals surface area contributed by atoms with Crippen molar-refractivity contribution in [3.63, 3.8) is 0 Å². The lowest BCUT2D eigenvalue weighted by Crippen LogP contribution is -2.39.